The van der Waals surface area contributed by atoms with Crippen molar-refractivity contribution in [2.45, 2.75) is 16.8 Å². The number of hydrogen-bond donors (Lipinski definition) is 1. The molecule has 0 spiro atoms. The van der Waals surface area contributed by atoms with Crippen molar-refractivity contribution in [2.24, 2.45) is 0 Å². The summed E-state index contributed by atoms with van der Waals surface area (Å²) in [5.74, 6) is -2.12. The molecule has 0 fully saturated rings. The first kappa shape index (κ1) is 14.0. The van der Waals surface area contributed by atoms with Crippen LogP contribution in [0, 0.1) is 24.1 Å². The van der Waals surface area contributed by atoms with E-state index in [0.717, 1.165) is 23.5 Å². The van der Waals surface area contributed by atoms with Crippen molar-refractivity contribution >= 4 is 17.7 Å². The molecule has 6 heteroatoms. The van der Waals surface area contributed by atoms with E-state index in [0.29, 0.717) is 15.5 Å². The Labute approximate surface area is 118 Å². The van der Waals surface area contributed by atoms with Crippen molar-refractivity contribution in [1.82, 2.24) is 4.98 Å². The van der Waals surface area contributed by atoms with Gasteiger partial charge in [0.25, 0.3) is 0 Å². The van der Waals surface area contributed by atoms with E-state index in [4.69, 9.17) is 10.4 Å². The second-order valence-electron chi connectivity index (χ2n) is 3.97. The van der Waals surface area contributed by atoms with Crippen LogP contribution in [0.3, 0.4) is 0 Å². The highest BCUT2D eigenvalue weighted by atomic mass is 32.2. The van der Waals surface area contributed by atoms with Crippen molar-refractivity contribution in [3.05, 3.63) is 53.0 Å². The molecule has 0 amide bonds. The third-order valence-corrected chi connectivity index (χ3v) is 3.50. The lowest BCUT2D eigenvalue weighted by Crippen LogP contribution is -2.00. The predicted molar refractivity (Wildman–Crippen MR) is 71.2 cm³/mol. The minimum Gasteiger partial charge on any atom is -0.478 e. The number of carboxylic acids is 1. The lowest BCUT2D eigenvalue weighted by Gasteiger charge is -2.05. The molecule has 0 atom stereocenters. The number of hydrogen-bond acceptors (Lipinski definition) is 4. The topological polar surface area (TPSA) is 74.0 Å². The monoisotopic (exact) mass is 288 g/mol. The molecular weight excluding hydrogens is 279 g/mol. The Balaban J connectivity index is 2.40. The molecule has 2 rings (SSSR count). The second-order valence-corrected chi connectivity index (χ2v) is 5.03. The molecule has 0 saturated heterocycles. The number of halogens is 1. The highest BCUT2D eigenvalue weighted by molar-refractivity contribution is 7.99. The number of rotatable bonds is 3. The maximum absolute atomic E-state index is 13.3. The molecular formula is C14H9FN2O2S. The van der Waals surface area contributed by atoms with E-state index >= 15 is 0 Å². The molecule has 0 bridgehead atoms. The standard InChI is InChI=1S/C14H9FN2O2S/c1-8-2-3-9(7-16)13(17-8)20-10-4-5-12(15)11(6-10)14(18)19/h2-6H,1H3,(H,18,19). The van der Waals surface area contributed by atoms with E-state index in [-0.39, 0.29) is 0 Å². The van der Waals surface area contributed by atoms with E-state index in [1.807, 2.05) is 6.07 Å². The molecule has 100 valence electrons. The maximum Gasteiger partial charge on any atom is 0.338 e. The lowest BCUT2D eigenvalue weighted by molar-refractivity contribution is 0.0691. The van der Waals surface area contributed by atoms with Crippen LogP contribution in [0.4, 0.5) is 4.39 Å². The highest BCUT2D eigenvalue weighted by Crippen LogP contribution is 2.30. The van der Waals surface area contributed by atoms with Crippen LogP contribution < -0.4 is 0 Å². The number of carbonyl (C=O) groups is 1. The Kier molecular flexibility index (Phi) is 4.01. The summed E-state index contributed by atoms with van der Waals surface area (Å²) < 4.78 is 13.3. The van der Waals surface area contributed by atoms with Gasteiger partial charge in [0.2, 0.25) is 0 Å². The largest absolute Gasteiger partial charge is 0.478 e. The first-order valence-corrected chi connectivity index (χ1v) is 6.41. The zero-order valence-corrected chi connectivity index (χ0v) is 11.2. The van der Waals surface area contributed by atoms with Gasteiger partial charge in [-0.15, -0.1) is 0 Å². The molecule has 20 heavy (non-hydrogen) atoms. The predicted octanol–water partition coefficient (Wildman–Crippen LogP) is 3.25. The van der Waals surface area contributed by atoms with Crippen molar-refractivity contribution in [3.8, 4) is 6.07 Å². The maximum atomic E-state index is 13.3. The zero-order chi connectivity index (χ0) is 14.7. The average Bonchev–Trinajstić information content (AvgIpc) is 2.41. The van der Waals surface area contributed by atoms with Gasteiger partial charge < -0.3 is 5.11 Å². The minimum atomic E-state index is -1.33. The van der Waals surface area contributed by atoms with Gasteiger partial charge in [0.1, 0.15) is 16.9 Å². The van der Waals surface area contributed by atoms with E-state index in [1.165, 1.54) is 12.1 Å². The average molecular weight is 288 g/mol. The summed E-state index contributed by atoms with van der Waals surface area (Å²) in [6.07, 6.45) is 0. The lowest BCUT2D eigenvalue weighted by atomic mass is 10.2. The molecule has 0 saturated carbocycles. The number of nitriles is 1. The summed E-state index contributed by atoms with van der Waals surface area (Å²) in [7, 11) is 0. The third-order valence-electron chi connectivity index (χ3n) is 2.50. The van der Waals surface area contributed by atoms with Gasteiger partial charge in [-0.1, -0.05) is 11.8 Å². The molecule has 0 aliphatic heterocycles. The van der Waals surface area contributed by atoms with Crippen molar-refractivity contribution < 1.29 is 14.3 Å². The Hall–Kier alpha value is -2.39. The number of aryl methyl sites for hydroxylation is 1. The Morgan fingerprint density at radius 2 is 2.15 bits per heavy atom. The van der Waals surface area contributed by atoms with Crippen LogP contribution in [-0.2, 0) is 0 Å². The smallest absolute Gasteiger partial charge is 0.338 e. The summed E-state index contributed by atoms with van der Waals surface area (Å²) in [5.41, 5.74) is 0.732. The number of carboxylic acid groups (broad SMARTS) is 1. The van der Waals surface area contributed by atoms with E-state index in [1.54, 1.807) is 19.1 Å². The Bertz CT molecular complexity index is 726. The molecule has 2 aromatic rings. The van der Waals surface area contributed by atoms with Crippen LogP contribution in [0.1, 0.15) is 21.6 Å². The fourth-order valence-electron chi connectivity index (χ4n) is 1.54. The molecule has 0 aliphatic rings. The molecule has 1 heterocycles. The molecule has 0 unspecified atom stereocenters. The summed E-state index contributed by atoms with van der Waals surface area (Å²) >= 11 is 1.13. The second kappa shape index (κ2) is 5.72. The first-order valence-electron chi connectivity index (χ1n) is 5.59. The Morgan fingerprint density at radius 3 is 2.80 bits per heavy atom. The SMILES string of the molecule is Cc1ccc(C#N)c(Sc2ccc(F)c(C(=O)O)c2)n1. The summed E-state index contributed by atoms with van der Waals surface area (Å²) in [5, 5.41) is 18.4. The number of benzene rings is 1. The minimum absolute atomic E-state index is 0.391. The Morgan fingerprint density at radius 1 is 1.40 bits per heavy atom. The van der Waals surface area contributed by atoms with Crippen LogP contribution in [-0.4, -0.2) is 16.1 Å². The summed E-state index contributed by atoms with van der Waals surface area (Å²) in [6, 6.07) is 9.16. The molecule has 1 aromatic heterocycles. The normalized spacial score (nSPS) is 10.1. The first-order chi connectivity index (χ1) is 9.51. The van der Waals surface area contributed by atoms with Gasteiger partial charge in [-0.25, -0.2) is 14.2 Å². The summed E-state index contributed by atoms with van der Waals surface area (Å²) in [4.78, 5) is 15.6. The van der Waals surface area contributed by atoms with Gasteiger partial charge in [-0.05, 0) is 37.3 Å². The molecule has 0 radical (unpaired) electrons. The van der Waals surface area contributed by atoms with E-state index in [2.05, 4.69) is 4.98 Å². The van der Waals surface area contributed by atoms with Crippen LogP contribution in [0.15, 0.2) is 40.3 Å². The van der Waals surface area contributed by atoms with Gasteiger partial charge >= 0.3 is 5.97 Å². The van der Waals surface area contributed by atoms with Crippen LogP contribution in [0.25, 0.3) is 0 Å². The van der Waals surface area contributed by atoms with Gasteiger partial charge in [-0.3, -0.25) is 0 Å². The van der Waals surface area contributed by atoms with E-state index < -0.39 is 17.3 Å². The van der Waals surface area contributed by atoms with Gasteiger partial charge in [0.05, 0.1) is 11.1 Å². The van der Waals surface area contributed by atoms with Gasteiger partial charge in [0.15, 0.2) is 0 Å². The summed E-state index contributed by atoms with van der Waals surface area (Å²) in [6.45, 7) is 1.79. The molecule has 1 N–H and O–H groups in total. The van der Waals surface area contributed by atoms with Crippen LogP contribution >= 0.6 is 11.8 Å². The van der Waals surface area contributed by atoms with Crippen molar-refractivity contribution in [2.75, 3.05) is 0 Å². The van der Waals surface area contributed by atoms with Gasteiger partial charge in [-0.2, -0.15) is 5.26 Å². The van der Waals surface area contributed by atoms with Gasteiger partial charge in [0, 0.05) is 10.6 Å². The van der Waals surface area contributed by atoms with Crippen LogP contribution in [0.2, 0.25) is 0 Å². The zero-order valence-electron chi connectivity index (χ0n) is 10.4. The quantitative estimate of drug-likeness (QED) is 0.938. The van der Waals surface area contributed by atoms with Crippen molar-refractivity contribution in [1.29, 1.82) is 5.26 Å². The van der Waals surface area contributed by atoms with Crippen LogP contribution in [0.5, 0.6) is 0 Å². The molecule has 1 aromatic carbocycles. The number of pyridine rings is 1. The highest BCUT2D eigenvalue weighted by Gasteiger charge is 2.13. The molecule has 4 nitrogen and oxygen atoms in total. The number of nitrogens with zero attached hydrogens (tertiary/aromatic N) is 2. The number of aromatic nitrogens is 1. The third kappa shape index (κ3) is 2.95. The molecule has 0 aliphatic carbocycles. The van der Waals surface area contributed by atoms with Crippen molar-refractivity contribution in [3.63, 3.8) is 0 Å². The van der Waals surface area contributed by atoms with E-state index in [9.17, 15) is 9.18 Å². The fourth-order valence-corrected chi connectivity index (χ4v) is 2.49. The number of aromatic carboxylic acids is 1. The fraction of sp³-hybridized carbons (Fsp3) is 0.0714.